The van der Waals surface area contributed by atoms with Crippen LogP contribution < -0.4 is 0 Å². The highest BCUT2D eigenvalue weighted by Crippen LogP contribution is 2.22. The van der Waals surface area contributed by atoms with Gasteiger partial charge in [-0.05, 0) is 37.0 Å². The van der Waals surface area contributed by atoms with E-state index in [1.165, 1.54) is 16.7 Å². The zero-order chi connectivity index (χ0) is 13.7. The molecule has 0 aromatic heterocycles. The molecular formula is C17H21NO. The Kier molecular flexibility index (Phi) is 4.65. The van der Waals surface area contributed by atoms with Crippen molar-refractivity contribution in [3.63, 3.8) is 0 Å². The van der Waals surface area contributed by atoms with Crippen LogP contribution in [0.3, 0.4) is 0 Å². The number of rotatable bonds is 3. The molecule has 0 bridgehead atoms. The predicted octanol–water partition coefficient (Wildman–Crippen LogP) is 2.91. The van der Waals surface area contributed by atoms with E-state index in [1.807, 2.05) is 6.92 Å². The largest absolute Gasteiger partial charge is 0.503 e. The monoisotopic (exact) mass is 255 g/mol. The van der Waals surface area contributed by atoms with Gasteiger partial charge < -0.3 is 4.74 Å². The van der Waals surface area contributed by atoms with Gasteiger partial charge in [0.15, 0.2) is 0 Å². The molecule has 19 heavy (non-hydrogen) atoms. The molecule has 0 saturated carbocycles. The van der Waals surface area contributed by atoms with E-state index in [-0.39, 0.29) is 0 Å². The molecule has 0 N–H and O–H groups in total. The number of benzene rings is 1. The summed E-state index contributed by atoms with van der Waals surface area (Å²) in [4.78, 5) is 2.43. The lowest BCUT2D eigenvalue weighted by Gasteiger charge is -2.29. The summed E-state index contributed by atoms with van der Waals surface area (Å²) >= 11 is 0. The van der Waals surface area contributed by atoms with E-state index in [2.05, 4.69) is 41.9 Å². The molecule has 1 aliphatic heterocycles. The van der Waals surface area contributed by atoms with Gasteiger partial charge in [0.2, 0.25) is 0 Å². The fourth-order valence-corrected chi connectivity index (χ4v) is 2.64. The van der Waals surface area contributed by atoms with Gasteiger partial charge in [-0.25, -0.2) is 0 Å². The van der Waals surface area contributed by atoms with Crippen LogP contribution in [0.4, 0.5) is 0 Å². The van der Waals surface area contributed by atoms with Crippen molar-refractivity contribution in [3.8, 4) is 11.8 Å². The summed E-state index contributed by atoms with van der Waals surface area (Å²) in [6.07, 6.45) is 2.88. The van der Waals surface area contributed by atoms with Gasteiger partial charge in [0.1, 0.15) is 0 Å². The molecule has 1 aromatic rings. The normalized spacial score (nSPS) is 15.4. The molecule has 1 heterocycles. The van der Waals surface area contributed by atoms with Crippen LogP contribution in [-0.2, 0) is 17.7 Å². The van der Waals surface area contributed by atoms with Crippen molar-refractivity contribution in [1.82, 2.24) is 4.90 Å². The lowest BCUT2D eigenvalue weighted by molar-refractivity contribution is 0.270. The van der Waals surface area contributed by atoms with Gasteiger partial charge >= 0.3 is 0 Å². The molecule has 0 amide bonds. The van der Waals surface area contributed by atoms with E-state index in [9.17, 15) is 0 Å². The van der Waals surface area contributed by atoms with Crippen LogP contribution in [0, 0.1) is 18.8 Å². The topological polar surface area (TPSA) is 12.5 Å². The third-order valence-electron chi connectivity index (χ3n) is 3.52. The highest BCUT2D eigenvalue weighted by molar-refractivity contribution is 5.36. The summed E-state index contributed by atoms with van der Waals surface area (Å²) in [6, 6.07) is 6.59. The fourth-order valence-electron chi connectivity index (χ4n) is 2.64. The Morgan fingerprint density at radius 3 is 3.05 bits per heavy atom. The number of ether oxygens (including phenoxy) is 1. The molecule has 1 aromatic carbocycles. The summed E-state index contributed by atoms with van der Waals surface area (Å²) < 4.78 is 5.10. The lowest BCUT2D eigenvalue weighted by atomic mass is 9.95. The number of aryl methyl sites for hydroxylation is 1. The minimum absolute atomic E-state index is 0.863. The van der Waals surface area contributed by atoms with E-state index in [0.29, 0.717) is 0 Å². The van der Waals surface area contributed by atoms with Gasteiger partial charge in [-0.2, -0.15) is 0 Å². The Balaban J connectivity index is 2.09. The van der Waals surface area contributed by atoms with Gasteiger partial charge in [0, 0.05) is 19.6 Å². The minimum Gasteiger partial charge on any atom is -0.503 e. The number of fused-ring (bicyclic) bond motifs is 1. The van der Waals surface area contributed by atoms with Crippen molar-refractivity contribution >= 4 is 0 Å². The van der Waals surface area contributed by atoms with Gasteiger partial charge in [-0.3, -0.25) is 4.90 Å². The smallest absolute Gasteiger partial charge is 0.0953 e. The molecule has 2 heteroatoms. The van der Waals surface area contributed by atoms with Crippen molar-refractivity contribution in [2.75, 3.05) is 20.2 Å². The van der Waals surface area contributed by atoms with E-state index in [0.717, 1.165) is 31.6 Å². The molecule has 0 aliphatic carbocycles. The first kappa shape index (κ1) is 13.7. The maximum Gasteiger partial charge on any atom is 0.0953 e. The van der Waals surface area contributed by atoms with E-state index in [4.69, 9.17) is 4.74 Å². The Morgan fingerprint density at radius 2 is 2.32 bits per heavy atom. The SMILES string of the molecule is CC#C/C(=C\OC)CN1CCc2c(C)cccc2C1. The summed E-state index contributed by atoms with van der Waals surface area (Å²) in [5.41, 5.74) is 5.43. The second-order valence-corrected chi connectivity index (χ2v) is 4.93. The maximum absolute atomic E-state index is 5.10. The standard InChI is InChI=1S/C17H21NO/c1-4-6-15(13-19-3)11-18-10-9-17-14(2)7-5-8-16(17)12-18/h5,7-8,13H,9-12H2,1-3H3/b15-13+. The van der Waals surface area contributed by atoms with Gasteiger partial charge in [0.05, 0.1) is 18.9 Å². The van der Waals surface area contributed by atoms with Gasteiger partial charge in [-0.1, -0.05) is 24.1 Å². The second-order valence-electron chi connectivity index (χ2n) is 4.93. The Labute approximate surface area is 116 Å². The molecule has 2 nitrogen and oxygen atoms in total. The van der Waals surface area contributed by atoms with Crippen molar-refractivity contribution in [2.24, 2.45) is 0 Å². The van der Waals surface area contributed by atoms with E-state index >= 15 is 0 Å². The molecule has 100 valence electrons. The van der Waals surface area contributed by atoms with E-state index in [1.54, 1.807) is 13.4 Å². The van der Waals surface area contributed by atoms with Crippen LogP contribution in [0.1, 0.15) is 23.6 Å². The molecule has 1 aliphatic rings. The summed E-state index contributed by atoms with van der Waals surface area (Å²) in [6.45, 7) is 7.02. The molecule has 2 rings (SSSR count). The first-order valence-corrected chi connectivity index (χ1v) is 6.69. The average Bonchev–Trinajstić information content (AvgIpc) is 2.39. The highest BCUT2D eigenvalue weighted by atomic mass is 16.5. The second kappa shape index (κ2) is 6.45. The zero-order valence-electron chi connectivity index (χ0n) is 12.0. The van der Waals surface area contributed by atoms with Gasteiger partial charge in [-0.15, -0.1) is 5.92 Å². The van der Waals surface area contributed by atoms with Crippen LogP contribution in [0.15, 0.2) is 30.0 Å². The third-order valence-corrected chi connectivity index (χ3v) is 3.52. The quantitative estimate of drug-likeness (QED) is 0.608. The van der Waals surface area contributed by atoms with Crippen LogP contribution in [0.5, 0.6) is 0 Å². The van der Waals surface area contributed by atoms with Crippen molar-refractivity contribution in [2.45, 2.75) is 26.8 Å². The highest BCUT2D eigenvalue weighted by Gasteiger charge is 2.17. The zero-order valence-corrected chi connectivity index (χ0v) is 12.0. The van der Waals surface area contributed by atoms with Crippen molar-refractivity contribution in [3.05, 3.63) is 46.7 Å². The first-order valence-electron chi connectivity index (χ1n) is 6.69. The molecule has 0 radical (unpaired) electrons. The number of hydrogen-bond donors (Lipinski definition) is 0. The predicted molar refractivity (Wildman–Crippen MR) is 78.7 cm³/mol. The number of nitrogens with zero attached hydrogens (tertiary/aromatic N) is 1. The van der Waals surface area contributed by atoms with Crippen molar-refractivity contribution in [1.29, 1.82) is 0 Å². The first-order chi connectivity index (χ1) is 9.24. The Morgan fingerprint density at radius 1 is 1.47 bits per heavy atom. The average molecular weight is 255 g/mol. The molecule has 0 spiro atoms. The molecule has 0 fully saturated rings. The molecule has 0 atom stereocenters. The van der Waals surface area contributed by atoms with Crippen molar-refractivity contribution < 1.29 is 4.74 Å². The van der Waals surface area contributed by atoms with Crippen LogP contribution >= 0.6 is 0 Å². The maximum atomic E-state index is 5.10. The summed E-state index contributed by atoms with van der Waals surface area (Å²) in [7, 11) is 1.67. The molecule has 0 saturated heterocycles. The van der Waals surface area contributed by atoms with Gasteiger partial charge in [0.25, 0.3) is 0 Å². The molecule has 0 unspecified atom stereocenters. The van der Waals surface area contributed by atoms with Crippen LogP contribution in [0.25, 0.3) is 0 Å². The number of hydrogen-bond acceptors (Lipinski definition) is 2. The lowest BCUT2D eigenvalue weighted by Crippen LogP contribution is -2.32. The number of methoxy groups -OCH3 is 1. The Hall–Kier alpha value is -1.72. The fraction of sp³-hybridized carbons (Fsp3) is 0.412. The Bertz CT molecular complexity index is 534. The minimum atomic E-state index is 0.863. The third kappa shape index (κ3) is 3.39. The summed E-state index contributed by atoms with van der Waals surface area (Å²) in [5.74, 6) is 6.06. The summed E-state index contributed by atoms with van der Waals surface area (Å²) in [5, 5.41) is 0. The van der Waals surface area contributed by atoms with E-state index < -0.39 is 0 Å². The molecular weight excluding hydrogens is 234 g/mol. The van der Waals surface area contributed by atoms with Crippen LogP contribution in [0.2, 0.25) is 0 Å². The van der Waals surface area contributed by atoms with Crippen LogP contribution in [-0.4, -0.2) is 25.1 Å².